The molecule has 0 aromatic carbocycles. The maximum absolute atomic E-state index is 12.1. The van der Waals surface area contributed by atoms with E-state index in [1.807, 2.05) is 0 Å². The molecule has 0 saturated carbocycles. The molecule has 106 valence electrons. The van der Waals surface area contributed by atoms with Gasteiger partial charge in [-0.3, -0.25) is 4.79 Å². The van der Waals surface area contributed by atoms with Crippen molar-refractivity contribution in [3.63, 3.8) is 0 Å². The first kappa shape index (κ1) is 15.4. The van der Waals surface area contributed by atoms with Crippen molar-refractivity contribution < 1.29 is 18.3 Å². The molecule has 19 heavy (non-hydrogen) atoms. The Labute approximate surface area is 112 Å². The van der Waals surface area contributed by atoms with E-state index in [-0.39, 0.29) is 5.03 Å². The van der Waals surface area contributed by atoms with Gasteiger partial charge in [-0.2, -0.15) is 0 Å². The number of aliphatic carboxylic acids is 1. The highest BCUT2D eigenvalue weighted by atomic mass is 32.2. The Morgan fingerprint density at radius 2 is 1.95 bits per heavy atom. The minimum Gasteiger partial charge on any atom is -0.480 e. The number of rotatable bonds is 4. The number of hydrogen-bond acceptors (Lipinski definition) is 5. The lowest BCUT2D eigenvalue weighted by molar-refractivity contribution is -0.137. The molecule has 0 amide bonds. The summed E-state index contributed by atoms with van der Waals surface area (Å²) in [5, 5.41) is 11.4. The van der Waals surface area contributed by atoms with Gasteiger partial charge in [-0.15, -0.1) is 0 Å². The molecule has 1 aromatic heterocycles. The number of hydrogen-bond donors (Lipinski definition) is 2. The fourth-order valence-corrected chi connectivity index (χ4v) is 2.32. The predicted octanol–water partition coefficient (Wildman–Crippen LogP) is 1.54. The van der Waals surface area contributed by atoms with Crippen molar-refractivity contribution in [2.75, 3.05) is 5.32 Å². The van der Waals surface area contributed by atoms with Crippen LogP contribution in [0.3, 0.4) is 0 Å². The van der Waals surface area contributed by atoms with E-state index in [9.17, 15) is 13.2 Å². The van der Waals surface area contributed by atoms with Gasteiger partial charge >= 0.3 is 5.97 Å². The molecule has 0 aliphatic heterocycles. The molecule has 2 N–H and O–H groups in total. The fourth-order valence-electron chi connectivity index (χ4n) is 1.25. The van der Waals surface area contributed by atoms with Gasteiger partial charge in [0, 0.05) is 0 Å². The molecule has 0 spiro atoms. The van der Waals surface area contributed by atoms with Crippen LogP contribution in [0.4, 0.5) is 5.69 Å². The summed E-state index contributed by atoms with van der Waals surface area (Å²) < 4.78 is 23.3. The summed E-state index contributed by atoms with van der Waals surface area (Å²) in [5.41, 5.74) is 0.461. The van der Waals surface area contributed by atoms with E-state index in [4.69, 9.17) is 5.11 Å². The van der Waals surface area contributed by atoms with Gasteiger partial charge in [0.1, 0.15) is 6.04 Å². The van der Waals surface area contributed by atoms with Gasteiger partial charge in [0.05, 0.1) is 16.6 Å². The number of pyridine rings is 1. The van der Waals surface area contributed by atoms with Crippen molar-refractivity contribution in [3.8, 4) is 0 Å². The third kappa shape index (κ3) is 3.44. The Kier molecular flexibility index (Phi) is 4.19. The molecular formula is C12H18N2O4S. The largest absolute Gasteiger partial charge is 0.480 e. The quantitative estimate of drug-likeness (QED) is 0.871. The van der Waals surface area contributed by atoms with Gasteiger partial charge in [0.25, 0.3) is 0 Å². The molecule has 1 atom stereocenters. The first-order valence-electron chi connectivity index (χ1n) is 5.76. The highest BCUT2D eigenvalue weighted by Crippen LogP contribution is 2.23. The van der Waals surface area contributed by atoms with Crippen molar-refractivity contribution in [2.45, 2.75) is 43.5 Å². The molecule has 1 heterocycles. The van der Waals surface area contributed by atoms with Crippen LogP contribution in [0.25, 0.3) is 0 Å². The average molecular weight is 286 g/mol. The number of anilines is 1. The fraction of sp³-hybridized carbons (Fsp3) is 0.500. The van der Waals surface area contributed by atoms with Gasteiger partial charge in [-0.1, -0.05) is 0 Å². The van der Waals surface area contributed by atoms with E-state index < -0.39 is 26.6 Å². The molecule has 0 aliphatic carbocycles. The number of carboxylic acid groups (broad SMARTS) is 1. The lowest BCUT2D eigenvalue weighted by atomic mass is 10.3. The topological polar surface area (TPSA) is 96.4 Å². The van der Waals surface area contributed by atoms with Crippen molar-refractivity contribution in [1.82, 2.24) is 4.98 Å². The van der Waals surface area contributed by atoms with Crippen LogP contribution in [0, 0.1) is 0 Å². The Hall–Kier alpha value is -1.63. The second kappa shape index (κ2) is 5.16. The van der Waals surface area contributed by atoms with E-state index in [1.165, 1.54) is 25.3 Å². The second-order valence-corrected chi connectivity index (χ2v) is 7.86. The maximum Gasteiger partial charge on any atom is 0.325 e. The van der Waals surface area contributed by atoms with E-state index in [0.29, 0.717) is 5.69 Å². The van der Waals surface area contributed by atoms with Crippen molar-refractivity contribution >= 4 is 21.5 Å². The molecule has 0 bridgehead atoms. The Balaban J connectivity index is 2.98. The van der Waals surface area contributed by atoms with Gasteiger partial charge in [0.15, 0.2) is 14.9 Å². The number of sulfone groups is 1. The monoisotopic (exact) mass is 286 g/mol. The minimum atomic E-state index is -3.49. The van der Waals surface area contributed by atoms with Gasteiger partial charge < -0.3 is 10.4 Å². The number of carboxylic acids is 1. The second-order valence-electron chi connectivity index (χ2n) is 5.21. The summed E-state index contributed by atoms with van der Waals surface area (Å²) in [6.45, 7) is 6.29. The minimum absolute atomic E-state index is 0.0199. The van der Waals surface area contributed by atoms with Crippen molar-refractivity contribution in [2.24, 2.45) is 0 Å². The Morgan fingerprint density at radius 3 is 2.32 bits per heavy atom. The average Bonchev–Trinajstić information content (AvgIpc) is 2.28. The van der Waals surface area contributed by atoms with Crippen LogP contribution in [0.15, 0.2) is 23.4 Å². The number of nitrogens with zero attached hydrogens (tertiary/aromatic N) is 1. The lowest BCUT2D eigenvalue weighted by Gasteiger charge is -2.18. The number of carbonyl (C=O) groups is 1. The molecule has 0 saturated heterocycles. The first-order chi connectivity index (χ1) is 8.55. The molecule has 1 aromatic rings. The van der Waals surface area contributed by atoms with Crippen molar-refractivity contribution in [3.05, 3.63) is 18.3 Å². The molecule has 0 radical (unpaired) electrons. The Morgan fingerprint density at radius 1 is 1.37 bits per heavy atom. The summed E-state index contributed by atoms with van der Waals surface area (Å²) in [6.07, 6.45) is 1.32. The molecular weight excluding hydrogens is 268 g/mol. The zero-order valence-corrected chi connectivity index (χ0v) is 12.2. The predicted molar refractivity (Wildman–Crippen MR) is 71.9 cm³/mol. The smallest absolute Gasteiger partial charge is 0.325 e. The van der Waals surface area contributed by atoms with Crippen LogP contribution in [0.5, 0.6) is 0 Å². The van der Waals surface area contributed by atoms with Gasteiger partial charge in [0.2, 0.25) is 0 Å². The van der Waals surface area contributed by atoms with E-state index in [1.54, 1.807) is 20.8 Å². The van der Waals surface area contributed by atoms with Crippen molar-refractivity contribution in [1.29, 1.82) is 0 Å². The SMILES string of the molecule is C[C@H](Nc1ccc(S(=O)(=O)C(C)(C)C)nc1)C(=O)O. The van der Waals surface area contributed by atoms with Crippen LogP contribution >= 0.6 is 0 Å². The van der Waals surface area contributed by atoms with Gasteiger partial charge in [-0.25, -0.2) is 13.4 Å². The van der Waals surface area contributed by atoms with E-state index in [0.717, 1.165) is 0 Å². The van der Waals surface area contributed by atoms with Crippen LogP contribution in [0.1, 0.15) is 27.7 Å². The summed E-state index contributed by atoms with van der Waals surface area (Å²) >= 11 is 0. The zero-order chi connectivity index (χ0) is 14.8. The third-order valence-electron chi connectivity index (χ3n) is 2.57. The third-order valence-corrected chi connectivity index (χ3v) is 4.98. The molecule has 0 unspecified atom stereocenters. The van der Waals surface area contributed by atoms with Crippen LogP contribution in [-0.2, 0) is 14.6 Å². The zero-order valence-electron chi connectivity index (χ0n) is 11.3. The summed E-state index contributed by atoms with van der Waals surface area (Å²) in [5.74, 6) is -0.994. The standard InChI is InChI=1S/C12H18N2O4S/c1-8(11(15)16)14-9-5-6-10(13-7-9)19(17,18)12(2,3)4/h5-8,14H,1-4H3,(H,15,16)/t8-/m0/s1. The van der Waals surface area contributed by atoms with Crippen LogP contribution in [-0.4, -0.2) is 35.3 Å². The molecule has 1 rings (SSSR count). The first-order valence-corrected chi connectivity index (χ1v) is 7.24. The normalized spacial score (nSPS) is 13.9. The summed E-state index contributed by atoms with van der Waals surface area (Å²) in [6, 6.07) is 2.11. The molecule has 6 nitrogen and oxygen atoms in total. The van der Waals surface area contributed by atoms with E-state index >= 15 is 0 Å². The Bertz CT molecular complexity index is 558. The van der Waals surface area contributed by atoms with Crippen LogP contribution in [0.2, 0.25) is 0 Å². The van der Waals surface area contributed by atoms with Gasteiger partial charge in [-0.05, 0) is 39.8 Å². The highest BCUT2D eigenvalue weighted by Gasteiger charge is 2.31. The summed E-state index contributed by atoms with van der Waals surface area (Å²) in [4.78, 5) is 14.6. The lowest BCUT2D eigenvalue weighted by Crippen LogP contribution is -2.29. The maximum atomic E-state index is 12.1. The molecule has 7 heteroatoms. The molecule has 0 aliphatic rings. The highest BCUT2D eigenvalue weighted by molar-refractivity contribution is 7.92. The van der Waals surface area contributed by atoms with E-state index in [2.05, 4.69) is 10.3 Å². The number of aromatic nitrogens is 1. The van der Waals surface area contributed by atoms with Crippen LogP contribution < -0.4 is 5.32 Å². The molecule has 0 fully saturated rings. The summed E-state index contributed by atoms with van der Waals surface area (Å²) in [7, 11) is -3.49. The number of nitrogens with one attached hydrogen (secondary N) is 1.